The van der Waals surface area contributed by atoms with E-state index in [2.05, 4.69) is 4.98 Å². The number of benzene rings is 3. The molecule has 0 aliphatic heterocycles. The molecule has 5 nitrogen and oxygen atoms in total. The first-order chi connectivity index (χ1) is 14.1. The highest BCUT2D eigenvalue weighted by Gasteiger charge is 2.16. The molecule has 0 spiro atoms. The number of nitrogens with zero attached hydrogens (tertiary/aromatic N) is 2. The molecule has 4 aromatic rings. The molecule has 0 aliphatic rings. The fraction of sp³-hybridized carbons (Fsp3) is 0. The zero-order chi connectivity index (χ0) is 20.2. The number of para-hydroxylation sites is 1. The van der Waals surface area contributed by atoms with Crippen molar-refractivity contribution in [1.29, 1.82) is 0 Å². The molecule has 1 heterocycles. The van der Waals surface area contributed by atoms with Crippen LogP contribution in [0.4, 0.5) is 4.39 Å². The summed E-state index contributed by atoms with van der Waals surface area (Å²) < 4.78 is 20.1. The van der Waals surface area contributed by atoms with Crippen LogP contribution in [0.2, 0.25) is 0 Å². The van der Waals surface area contributed by atoms with Gasteiger partial charge in [0.05, 0.1) is 12.5 Å². The van der Waals surface area contributed by atoms with Crippen LogP contribution in [-0.2, 0) is 0 Å². The number of hydrogen-bond acceptors (Lipinski definition) is 4. The van der Waals surface area contributed by atoms with E-state index in [0.29, 0.717) is 16.9 Å². The van der Waals surface area contributed by atoms with Crippen molar-refractivity contribution >= 4 is 11.8 Å². The van der Waals surface area contributed by atoms with Gasteiger partial charge < -0.3 is 4.74 Å². The normalized spacial score (nSPS) is 10.5. The molecule has 0 unspecified atom stereocenters. The molecule has 0 saturated carbocycles. The summed E-state index contributed by atoms with van der Waals surface area (Å²) in [6, 6.07) is 20.8. The molecule has 1 aromatic heterocycles. The fourth-order valence-electron chi connectivity index (χ4n) is 2.84. The van der Waals surface area contributed by atoms with E-state index in [1.807, 2.05) is 30.3 Å². The van der Waals surface area contributed by atoms with Gasteiger partial charge in [-0.05, 0) is 60.7 Å². The Balaban J connectivity index is 1.50. The molecular formula is C23H15FN2O3. The van der Waals surface area contributed by atoms with E-state index in [4.69, 9.17) is 4.74 Å². The summed E-state index contributed by atoms with van der Waals surface area (Å²) in [4.78, 5) is 29.0. The average molecular weight is 386 g/mol. The maximum Gasteiger partial charge on any atom is 0.362 e. The number of aromatic nitrogens is 2. The van der Waals surface area contributed by atoms with Gasteiger partial charge in [0.15, 0.2) is 11.5 Å². The second-order valence-corrected chi connectivity index (χ2v) is 6.23. The summed E-state index contributed by atoms with van der Waals surface area (Å²) >= 11 is 0. The minimum absolute atomic E-state index is 0.245. The summed E-state index contributed by atoms with van der Waals surface area (Å²) in [6.45, 7) is 0. The number of carbonyl (C=O) groups excluding carboxylic acids is 2. The molecule has 0 fully saturated rings. The SMILES string of the molecule is O=C(c1ccc(F)cc1)c1ccc(OC(=O)c2cncn2-c2ccccc2)cc1. The van der Waals surface area contributed by atoms with Crippen molar-refractivity contribution in [2.75, 3.05) is 0 Å². The van der Waals surface area contributed by atoms with E-state index in [1.165, 1.54) is 48.9 Å². The lowest BCUT2D eigenvalue weighted by atomic mass is 10.0. The predicted octanol–water partition coefficient (Wildman–Crippen LogP) is 4.46. The zero-order valence-electron chi connectivity index (χ0n) is 15.2. The minimum atomic E-state index is -0.566. The smallest absolute Gasteiger partial charge is 0.362 e. The Morgan fingerprint density at radius 2 is 1.45 bits per heavy atom. The Bertz CT molecular complexity index is 1150. The highest BCUT2D eigenvalue weighted by atomic mass is 19.1. The van der Waals surface area contributed by atoms with Crippen LogP contribution in [0.3, 0.4) is 0 Å². The number of imidazole rings is 1. The van der Waals surface area contributed by atoms with Crippen LogP contribution in [0, 0.1) is 5.82 Å². The lowest BCUT2D eigenvalue weighted by molar-refractivity contribution is 0.0726. The van der Waals surface area contributed by atoms with Crippen LogP contribution >= 0.6 is 0 Å². The van der Waals surface area contributed by atoms with Crippen molar-refractivity contribution in [3.05, 3.63) is 114 Å². The van der Waals surface area contributed by atoms with Gasteiger partial charge in [0.2, 0.25) is 0 Å². The summed E-state index contributed by atoms with van der Waals surface area (Å²) in [6.07, 6.45) is 2.97. The molecule has 3 aromatic carbocycles. The Morgan fingerprint density at radius 1 is 0.828 bits per heavy atom. The van der Waals surface area contributed by atoms with Gasteiger partial charge in [-0.1, -0.05) is 18.2 Å². The van der Waals surface area contributed by atoms with Crippen molar-refractivity contribution < 1.29 is 18.7 Å². The van der Waals surface area contributed by atoms with Crippen LogP contribution < -0.4 is 4.74 Å². The molecule has 6 heteroatoms. The third-order valence-corrected chi connectivity index (χ3v) is 4.32. The molecule has 29 heavy (non-hydrogen) atoms. The molecule has 0 radical (unpaired) electrons. The maximum atomic E-state index is 13.0. The van der Waals surface area contributed by atoms with Gasteiger partial charge >= 0.3 is 5.97 Å². The number of ketones is 1. The van der Waals surface area contributed by atoms with E-state index < -0.39 is 11.8 Å². The van der Waals surface area contributed by atoms with Crippen molar-refractivity contribution in [3.8, 4) is 11.4 Å². The molecule has 0 atom stereocenters. The highest BCUT2D eigenvalue weighted by molar-refractivity contribution is 6.09. The maximum absolute atomic E-state index is 13.0. The molecule has 4 rings (SSSR count). The lowest BCUT2D eigenvalue weighted by Crippen LogP contribution is -2.13. The van der Waals surface area contributed by atoms with Crippen LogP contribution in [0.15, 0.2) is 91.4 Å². The number of rotatable bonds is 5. The number of carbonyl (C=O) groups is 2. The summed E-state index contributed by atoms with van der Waals surface area (Å²) in [5, 5.41) is 0. The molecule has 142 valence electrons. The highest BCUT2D eigenvalue weighted by Crippen LogP contribution is 2.18. The molecule has 0 bridgehead atoms. The number of halogens is 1. The monoisotopic (exact) mass is 386 g/mol. The molecular weight excluding hydrogens is 371 g/mol. The van der Waals surface area contributed by atoms with E-state index in [9.17, 15) is 14.0 Å². The third kappa shape index (κ3) is 3.96. The molecule has 0 N–H and O–H groups in total. The standard InChI is InChI=1S/C23H15FN2O3/c24-18-10-6-16(7-11-18)22(27)17-8-12-20(13-9-17)29-23(28)21-14-25-15-26(21)19-4-2-1-3-5-19/h1-15H. The second-order valence-electron chi connectivity index (χ2n) is 6.23. The predicted molar refractivity (Wildman–Crippen MR) is 105 cm³/mol. The first-order valence-electron chi connectivity index (χ1n) is 8.82. The molecule has 0 saturated heterocycles. The van der Waals surface area contributed by atoms with Gasteiger partial charge in [0, 0.05) is 16.8 Å². The van der Waals surface area contributed by atoms with Crippen molar-refractivity contribution in [2.24, 2.45) is 0 Å². The minimum Gasteiger partial charge on any atom is -0.422 e. The van der Waals surface area contributed by atoms with Crippen LogP contribution in [0.5, 0.6) is 5.75 Å². The van der Waals surface area contributed by atoms with E-state index in [0.717, 1.165) is 5.69 Å². The first-order valence-corrected chi connectivity index (χ1v) is 8.82. The Kier molecular flexibility index (Phi) is 4.99. The van der Waals surface area contributed by atoms with Crippen LogP contribution in [0.1, 0.15) is 26.4 Å². The van der Waals surface area contributed by atoms with Crippen molar-refractivity contribution in [3.63, 3.8) is 0 Å². The zero-order valence-corrected chi connectivity index (χ0v) is 15.2. The van der Waals surface area contributed by atoms with Crippen LogP contribution in [-0.4, -0.2) is 21.3 Å². The van der Waals surface area contributed by atoms with Crippen molar-refractivity contribution in [1.82, 2.24) is 9.55 Å². The number of esters is 1. The second kappa shape index (κ2) is 7.90. The van der Waals surface area contributed by atoms with Gasteiger partial charge in [-0.2, -0.15) is 0 Å². The summed E-state index contributed by atoms with van der Waals surface area (Å²) in [5.41, 5.74) is 1.86. The molecule has 0 amide bonds. The fourth-order valence-corrected chi connectivity index (χ4v) is 2.84. The average Bonchev–Trinajstić information content (AvgIpc) is 3.25. The Hall–Kier alpha value is -4.06. The van der Waals surface area contributed by atoms with Gasteiger partial charge in [0.1, 0.15) is 11.6 Å². The number of ether oxygens (including phenoxy) is 1. The lowest BCUT2D eigenvalue weighted by Gasteiger charge is -2.08. The van der Waals surface area contributed by atoms with Crippen LogP contribution in [0.25, 0.3) is 5.69 Å². The summed E-state index contributed by atoms with van der Waals surface area (Å²) in [7, 11) is 0. The Labute approximate surface area is 166 Å². The largest absolute Gasteiger partial charge is 0.422 e. The van der Waals surface area contributed by atoms with E-state index in [-0.39, 0.29) is 11.5 Å². The van der Waals surface area contributed by atoms with Gasteiger partial charge in [-0.25, -0.2) is 14.2 Å². The third-order valence-electron chi connectivity index (χ3n) is 4.32. The first kappa shape index (κ1) is 18.3. The molecule has 0 aliphatic carbocycles. The number of hydrogen-bond donors (Lipinski definition) is 0. The van der Waals surface area contributed by atoms with E-state index in [1.54, 1.807) is 16.7 Å². The topological polar surface area (TPSA) is 61.2 Å². The quantitative estimate of drug-likeness (QED) is 0.289. The van der Waals surface area contributed by atoms with Crippen molar-refractivity contribution in [2.45, 2.75) is 0 Å². The Morgan fingerprint density at radius 3 is 2.10 bits per heavy atom. The van der Waals surface area contributed by atoms with E-state index >= 15 is 0 Å². The van der Waals surface area contributed by atoms with Gasteiger partial charge in [-0.3, -0.25) is 9.36 Å². The van der Waals surface area contributed by atoms with Gasteiger partial charge in [-0.15, -0.1) is 0 Å². The summed E-state index contributed by atoms with van der Waals surface area (Å²) in [5.74, 6) is -0.918. The van der Waals surface area contributed by atoms with Gasteiger partial charge in [0.25, 0.3) is 0 Å².